The number of nitrogens with two attached hydrogens (primary N) is 1. The Balaban J connectivity index is 1.48. The van der Waals surface area contributed by atoms with Crippen molar-refractivity contribution in [1.29, 1.82) is 0 Å². The van der Waals surface area contributed by atoms with Crippen LogP contribution in [0.1, 0.15) is 23.5 Å². The first-order chi connectivity index (χ1) is 15.0. The normalized spacial score (nSPS) is 12.9. The molecule has 0 bridgehead atoms. The highest BCUT2D eigenvalue weighted by atomic mass is 32.1. The van der Waals surface area contributed by atoms with Crippen molar-refractivity contribution < 1.29 is 9.59 Å². The van der Waals surface area contributed by atoms with Gasteiger partial charge in [-0.25, -0.2) is 9.78 Å². The number of nitrogens with one attached hydrogen (secondary N) is 3. The quantitative estimate of drug-likeness (QED) is 0.356. The minimum absolute atomic E-state index is 0.311. The van der Waals surface area contributed by atoms with Gasteiger partial charge in [-0.2, -0.15) is 0 Å². The molecule has 158 valence electrons. The number of rotatable bonds is 7. The molecule has 8 nitrogen and oxygen atoms in total. The lowest BCUT2D eigenvalue weighted by Gasteiger charge is -2.19. The first kappa shape index (κ1) is 20.5. The maximum absolute atomic E-state index is 13.0. The molecule has 0 aliphatic heterocycles. The van der Waals surface area contributed by atoms with E-state index in [-0.39, 0.29) is 11.9 Å². The largest absolute Gasteiger partial charge is 0.361 e. The van der Waals surface area contributed by atoms with Crippen LogP contribution in [0, 0.1) is 0 Å². The van der Waals surface area contributed by atoms with Crippen molar-refractivity contribution >= 4 is 34.2 Å². The van der Waals surface area contributed by atoms with Gasteiger partial charge in [0.2, 0.25) is 5.91 Å². The summed E-state index contributed by atoms with van der Waals surface area (Å²) < 4.78 is 0. The Hall–Kier alpha value is -3.72. The van der Waals surface area contributed by atoms with Gasteiger partial charge in [0.15, 0.2) is 0 Å². The van der Waals surface area contributed by atoms with Gasteiger partial charge in [-0.05, 0) is 30.7 Å². The van der Waals surface area contributed by atoms with Gasteiger partial charge in [-0.15, -0.1) is 11.3 Å². The summed E-state index contributed by atoms with van der Waals surface area (Å²) >= 11 is 1.46. The second-order valence-electron chi connectivity index (χ2n) is 7.16. The van der Waals surface area contributed by atoms with Crippen LogP contribution in [0.15, 0.2) is 60.4 Å². The van der Waals surface area contributed by atoms with Gasteiger partial charge >= 0.3 is 6.03 Å². The number of amides is 3. The number of benzene rings is 1. The number of carbonyl (C=O) groups is 2. The number of aromatic nitrogens is 3. The number of H-pyrrole nitrogens is 1. The minimum atomic E-state index is -0.807. The lowest BCUT2D eigenvalue weighted by Crippen LogP contribution is -2.50. The fourth-order valence-corrected chi connectivity index (χ4v) is 4.25. The number of primary amides is 1. The monoisotopic (exact) mass is 434 g/mol. The molecular formula is C22H22N6O2S. The number of fused-ring (bicyclic) bond motifs is 1. The fourth-order valence-electron chi connectivity index (χ4n) is 3.42. The Kier molecular flexibility index (Phi) is 5.94. The molecule has 0 radical (unpaired) electrons. The SMILES string of the molecule is CC(NC(=O)C(Cc1c[nH]c2ccccc12)NC(N)=O)c1nc(-c2ccncc2)cs1. The van der Waals surface area contributed by atoms with Crippen molar-refractivity contribution in [3.63, 3.8) is 0 Å². The van der Waals surface area contributed by atoms with Crippen LogP contribution in [0.3, 0.4) is 0 Å². The van der Waals surface area contributed by atoms with E-state index in [9.17, 15) is 9.59 Å². The predicted octanol–water partition coefficient (Wildman–Crippen LogP) is 3.14. The van der Waals surface area contributed by atoms with Crippen LogP contribution in [0.5, 0.6) is 0 Å². The summed E-state index contributed by atoms with van der Waals surface area (Å²) in [5.41, 5.74) is 9.01. The van der Waals surface area contributed by atoms with Gasteiger partial charge in [0, 0.05) is 46.9 Å². The number of urea groups is 1. The summed E-state index contributed by atoms with van der Waals surface area (Å²) in [5.74, 6) is -0.322. The van der Waals surface area contributed by atoms with Crippen molar-refractivity contribution in [3.05, 3.63) is 70.9 Å². The summed E-state index contributed by atoms with van der Waals surface area (Å²) in [6.45, 7) is 1.86. The smallest absolute Gasteiger partial charge is 0.312 e. The summed E-state index contributed by atoms with van der Waals surface area (Å²) in [7, 11) is 0. The van der Waals surface area contributed by atoms with Crippen LogP contribution in [-0.2, 0) is 11.2 Å². The molecule has 3 aromatic heterocycles. The van der Waals surface area contributed by atoms with E-state index in [2.05, 4.69) is 25.6 Å². The lowest BCUT2D eigenvalue weighted by atomic mass is 10.0. The number of aromatic amines is 1. The number of hydrogen-bond donors (Lipinski definition) is 4. The van der Waals surface area contributed by atoms with Gasteiger partial charge in [-0.3, -0.25) is 9.78 Å². The Labute approximate surface area is 182 Å². The van der Waals surface area contributed by atoms with E-state index in [4.69, 9.17) is 5.73 Å². The van der Waals surface area contributed by atoms with Crippen LogP contribution < -0.4 is 16.4 Å². The van der Waals surface area contributed by atoms with Crippen LogP contribution in [0.25, 0.3) is 22.2 Å². The van der Waals surface area contributed by atoms with Crippen LogP contribution >= 0.6 is 11.3 Å². The molecule has 9 heteroatoms. The van der Waals surface area contributed by atoms with Crippen molar-refractivity contribution in [1.82, 2.24) is 25.6 Å². The van der Waals surface area contributed by atoms with E-state index in [0.29, 0.717) is 6.42 Å². The van der Waals surface area contributed by atoms with Crippen LogP contribution in [0.4, 0.5) is 4.79 Å². The third-order valence-corrected chi connectivity index (χ3v) is 5.99. The van der Waals surface area contributed by atoms with Crippen LogP contribution in [0.2, 0.25) is 0 Å². The molecule has 3 amide bonds. The molecule has 0 spiro atoms. The molecule has 4 aromatic rings. The first-order valence-corrected chi connectivity index (χ1v) is 10.7. The number of pyridine rings is 1. The molecule has 0 aliphatic carbocycles. The molecule has 0 saturated carbocycles. The van der Waals surface area contributed by atoms with Gasteiger partial charge in [-0.1, -0.05) is 18.2 Å². The molecule has 0 saturated heterocycles. The van der Waals surface area contributed by atoms with E-state index in [1.807, 2.05) is 54.9 Å². The Morgan fingerprint density at radius 3 is 2.71 bits per heavy atom. The Morgan fingerprint density at radius 1 is 1.16 bits per heavy atom. The molecular weight excluding hydrogens is 412 g/mol. The van der Waals surface area contributed by atoms with Crippen molar-refractivity contribution in [2.45, 2.75) is 25.4 Å². The predicted molar refractivity (Wildman–Crippen MR) is 120 cm³/mol. The van der Waals surface area contributed by atoms with E-state index >= 15 is 0 Å². The third-order valence-electron chi connectivity index (χ3n) is 4.96. The average Bonchev–Trinajstić information content (AvgIpc) is 3.41. The third kappa shape index (κ3) is 4.72. The molecule has 5 N–H and O–H groups in total. The topological polar surface area (TPSA) is 126 Å². The van der Waals surface area contributed by atoms with E-state index in [1.54, 1.807) is 12.4 Å². The second-order valence-corrected chi connectivity index (χ2v) is 8.05. The standard InChI is InChI=1S/C22H22N6O2S/c1-13(21-27-19(12-31-21)14-6-8-24-9-7-14)26-20(29)18(28-22(23)30)10-15-11-25-17-5-3-2-4-16(15)17/h2-9,11-13,18,25H,10H2,1H3,(H,26,29)(H3,23,28,30). The molecule has 2 atom stereocenters. The van der Waals surface area contributed by atoms with Crippen molar-refractivity contribution in [2.75, 3.05) is 0 Å². The molecule has 2 unspecified atom stereocenters. The summed E-state index contributed by atoms with van der Waals surface area (Å²) in [6, 6.07) is 9.69. The number of para-hydroxylation sites is 1. The number of nitrogens with zero attached hydrogens (tertiary/aromatic N) is 2. The Bertz CT molecular complexity index is 1200. The highest BCUT2D eigenvalue weighted by Crippen LogP contribution is 2.25. The summed E-state index contributed by atoms with van der Waals surface area (Å²) in [4.78, 5) is 36.3. The van der Waals surface area contributed by atoms with E-state index in [1.165, 1.54) is 11.3 Å². The van der Waals surface area contributed by atoms with Crippen molar-refractivity contribution in [3.8, 4) is 11.3 Å². The molecule has 0 fully saturated rings. The van der Waals surface area contributed by atoms with Gasteiger partial charge in [0.25, 0.3) is 0 Å². The summed E-state index contributed by atoms with van der Waals surface area (Å²) in [6.07, 6.45) is 5.58. The van der Waals surface area contributed by atoms with Gasteiger partial charge in [0.1, 0.15) is 11.0 Å². The molecule has 1 aromatic carbocycles. The molecule has 3 heterocycles. The number of hydrogen-bond acceptors (Lipinski definition) is 5. The maximum atomic E-state index is 13.0. The average molecular weight is 435 g/mol. The molecule has 0 aliphatic rings. The first-order valence-electron chi connectivity index (χ1n) is 9.78. The molecule has 4 rings (SSSR count). The number of thiazole rings is 1. The zero-order chi connectivity index (χ0) is 21.8. The fraction of sp³-hybridized carbons (Fsp3) is 0.182. The lowest BCUT2D eigenvalue weighted by molar-refractivity contribution is -0.123. The molecule has 31 heavy (non-hydrogen) atoms. The second kappa shape index (κ2) is 8.97. The zero-order valence-electron chi connectivity index (χ0n) is 16.8. The van der Waals surface area contributed by atoms with Crippen LogP contribution in [-0.4, -0.2) is 32.9 Å². The van der Waals surface area contributed by atoms with E-state index < -0.39 is 12.1 Å². The van der Waals surface area contributed by atoms with Gasteiger partial charge in [0.05, 0.1) is 11.7 Å². The Morgan fingerprint density at radius 2 is 1.94 bits per heavy atom. The summed E-state index contributed by atoms with van der Waals surface area (Å²) in [5, 5.41) is 9.22. The zero-order valence-corrected chi connectivity index (χ0v) is 17.6. The maximum Gasteiger partial charge on any atom is 0.312 e. The highest BCUT2D eigenvalue weighted by Gasteiger charge is 2.24. The minimum Gasteiger partial charge on any atom is -0.361 e. The number of carbonyl (C=O) groups excluding carboxylic acids is 2. The van der Waals surface area contributed by atoms with Gasteiger partial charge < -0.3 is 21.4 Å². The van der Waals surface area contributed by atoms with E-state index in [0.717, 1.165) is 32.7 Å². The van der Waals surface area contributed by atoms with Crippen molar-refractivity contribution in [2.24, 2.45) is 5.73 Å². The highest BCUT2D eigenvalue weighted by molar-refractivity contribution is 7.10.